The summed E-state index contributed by atoms with van der Waals surface area (Å²) < 4.78 is 36.8. The van der Waals surface area contributed by atoms with Crippen LogP contribution in [0, 0.1) is 0 Å². The number of thioether (sulfide) groups is 1. The molecule has 0 saturated carbocycles. The van der Waals surface area contributed by atoms with Gasteiger partial charge in [-0.25, -0.2) is 13.4 Å². The predicted octanol–water partition coefficient (Wildman–Crippen LogP) is 3.40. The summed E-state index contributed by atoms with van der Waals surface area (Å²) in [6.07, 6.45) is 1.02. The minimum Gasteiger partial charge on any atom is -0.486 e. The molecule has 0 atom stereocenters. The van der Waals surface area contributed by atoms with E-state index in [1.807, 2.05) is 20.8 Å². The molecule has 1 aliphatic heterocycles. The van der Waals surface area contributed by atoms with Crippen LogP contribution < -0.4 is 20.3 Å². The lowest BCUT2D eigenvalue weighted by molar-refractivity contribution is -0.113. The normalized spacial score (nSPS) is 13.3. The molecule has 2 heterocycles. The highest BCUT2D eigenvalue weighted by Gasteiger charge is 2.23. The number of rotatable bonds is 6. The summed E-state index contributed by atoms with van der Waals surface area (Å²) in [6.45, 7) is 6.99. The molecule has 1 amide bonds. The number of amides is 1. The molecule has 0 radical (unpaired) electrons. The maximum absolute atomic E-state index is 12.9. The second kappa shape index (κ2) is 9.74. The number of nitrogens with zero attached hydrogens (tertiary/aromatic N) is 1. The molecule has 0 fully saturated rings. The van der Waals surface area contributed by atoms with Crippen LogP contribution in [-0.4, -0.2) is 43.3 Å². The Hall–Kier alpha value is -3.31. The summed E-state index contributed by atoms with van der Waals surface area (Å²) in [5, 5.41) is 2.87. The third-order valence-corrected chi connectivity index (χ3v) is 7.88. The van der Waals surface area contributed by atoms with Crippen molar-refractivity contribution in [2.45, 2.75) is 41.1 Å². The molecule has 11 heteroatoms. The standard InChI is InChI=1S/C24H25N3O6S2/c1-24(2,3)15-4-7-17(8-5-15)35(30,31)20-13-25-23(27-22(20)29)34-14-21(28)26-16-6-9-18-19(12-16)33-11-10-32-18/h4-9,12-13H,10-11,14H2,1-3H3,(H,26,28)(H,25,27,29). The average molecular weight is 516 g/mol. The van der Waals surface area contributed by atoms with Crippen LogP contribution in [0.25, 0.3) is 0 Å². The molecule has 0 unspecified atom stereocenters. The first kappa shape index (κ1) is 24.8. The summed E-state index contributed by atoms with van der Waals surface area (Å²) in [5.41, 5.74) is 0.591. The zero-order chi connectivity index (χ0) is 25.2. The number of benzene rings is 2. The van der Waals surface area contributed by atoms with Crippen molar-refractivity contribution < 1.29 is 22.7 Å². The van der Waals surface area contributed by atoms with Gasteiger partial charge in [0.05, 0.1) is 16.8 Å². The Bertz CT molecular complexity index is 1410. The van der Waals surface area contributed by atoms with E-state index < -0.39 is 20.3 Å². The van der Waals surface area contributed by atoms with Crippen LogP contribution in [-0.2, 0) is 20.0 Å². The second-order valence-electron chi connectivity index (χ2n) is 8.85. The molecule has 4 rings (SSSR count). The van der Waals surface area contributed by atoms with Gasteiger partial charge in [0.2, 0.25) is 15.7 Å². The van der Waals surface area contributed by atoms with Crippen molar-refractivity contribution in [1.29, 1.82) is 0 Å². The number of nitrogens with one attached hydrogen (secondary N) is 2. The Morgan fingerprint density at radius 1 is 1.09 bits per heavy atom. The number of hydrogen-bond acceptors (Lipinski definition) is 8. The van der Waals surface area contributed by atoms with Gasteiger partial charge in [0.15, 0.2) is 21.6 Å². The van der Waals surface area contributed by atoms with Gasteiger partial charge in [-0.3, -0.25) is 9.59 Å². The predicted molar refractivity (Wildman–Crippen MR) is 132 cm³/mol. The number of sulfone groups is 1. The number of carbonyl (C=O) groups is 1. The Morgan fingerprint density at radius 3 is 2.43 bits per heavy atom. The van der Waals surface area contributed by atoms with Crippen molar-refractivity contribution in [1.82, 2.24) is 9.97 Å². The molecule has 0 saturated heterocycles. The van der Waals surface area contributed by atoms with Crippen LogP contribution in [0.3, 0.4) is 0 Å². The van der Waals surface area contributed by atoms with Gasteiger partial charge >= 0.3 is 0 Å². The Kier molecular flexibility index (Phi) is 6.91. The first-order chi connectivity index (χ1) is 16.5. The van der Waals surface area contributed by atoms with Crippen molar-refractivity contribution in [3.05, 3.63) is 64.6 Å². The zero-order valence-electron chi connectivity index (χ0n) is 19.5. The van der Waals surface area contributed by atoms with Crippen LogP contribution >= 0.6 is 11.8 Å². The van der Waals surface area contributed by atoms with Crippen LogP contribution in [0.2, 0.25) is 0 Å². The third kappa shape index (κ3) is 5.68. The number of carbonyl (C=O) groups excluding carboxylic acids is 1. The minimum atomic E-state index is -4.05. The Morgan fingerprint density at radius 2 is 1.77 bits per heavy atom. The summed E-state index contributed by atoms with van der Waals surface area (Å²) in [5.74, 6) is 0.797. The van der Waals surface area contributed by atoms with E-state index in [0.717, 1.165) is 23.5 Å². The van der Waals surface area contributed by atoms with Gasteiger partial charge in [0.1, 0.15) is 13.2 Å². The van der Waals surface area contributed by atoms with E-state index in [1.165, 1.54) is 12.1 Å². The lowest BCUT2D eigenvalue weighted by atomic mass is 9.87. The van der Waals surface area contributed by atoms with Crippen LogP contribution in [0.1, 0.15) is 26.3 Å². The van der Waals surface area contributed by atoms with Gasteiger partial charge in [-0.05, 0) is 35.2 Å². The number of anilines is 1. The van der Waals surface area contributed by atoms with Crippen molar-refractivity contribution in [2.75, 3.05) is 24.3 Å². The molecule has 1 aliphatic rings. The number of hydrogen-bond donors (Lipinski definition) is 2. The van der Waals surface area contributed by atoms with E-state index in [2.05, 4.69) is 15.3 Å². The topological polar surface area (TPSA) is 127 Å². The van der Waals surface area contributed by atoms with E-state index in [-0.39, 0.29) is 27.1 Å². The number of ether oxygens (including phenoxy) is 2. The third-order valence-electron chi connectivity index (χ3n) is 5.23. The molecule has 35 heavy (non-hydrogen) atoms. The molecule has 2 N–H and O–H groups in total. The smallest absolute Gasteiger partial charge is 0.270 e. The number of fused-ring (bicyclic) bond motifs is 1. The Balaban J connectivity index is 1.41. The van der Waals surface area contributed by atoms with E-state index in [0.29, 0.717) is 30.4 Å². The highest BCUT2D eigenvalue weighted by molar-refractivity contribution is 7.99. The van der Waals surface area contributed by atoms with Crippen LogP contribution in [0.4, 0.5) is 5.69 Å². The molecule has 0 bridgehead atoms. The molecule has 9 nitrogen and oxygen atoms in total. The molecule has 2 aromatic carbocycles. The van der Waals surface area contributed by atoms with Crippen molar-refractivity contribution in [3.8, 4) is 11.5 Å². The zero-order valence-corrected chi connectivity index (χ0v) is 21.1. The fraction of sp³-hybridized carbons (Fsp3) is 0.292. The largest absolute Gasteiger partial charge is 0.486 e. The van der Waals surface area contributed by atoms with Crippen molar-refractivity contribution in [3.63, 3.8) is 0 Å². The fourth-order valence-electron chi connectivity index (χ4n) is 3.34. The first-order valence-corrected chi connectivity index (χ1v) is 13.3. The lowest BCUT2D eigenvalue weighted by Crippen LogP contribution is -2.20. The van der Waals surface area contributed by atoms with Gasteiger partial charge in [-0.1, -0.05) is 44.7 Å². The summed E-state index contributed by atoms with van der Waals surface area (Å²) in [4.78, 5) is 30.9. The van der Waals surface area contributed by atoms with Crippen LogP contribution in [0.15, 0.2) is 68.4 Å². The molecule has 1 aromatic heterocycles. The van der Waals surface area contributed by atoms with Gasteiger partial charge in [0, 0.05) is 11.8 Å². The van der Waals surface area contributed by atoms with Gasteiger partial charge in [-0.15, -0.1) is 0 Å². The van der Waals surface area contributed by atoms with E-state index in [9.17, 15) is 18.0 Å². The first-order valence-electron chi connectivity index (χ1n) is 10.8. The van der Waals surface area contributed by atoms with Gasteiger partial charge in [-0.2, -0.15) is 0 Å². The summed E-state index contributed by atoms with van der Waals surface area (Å²) >= 11 is 0.981. The van der Waals surface area contributed by atoms with Crippen LogP contribution in [0.5, 0.6) is 11.5 Å². The van der Waals surface area contributed by atoms with Crippen molar-refractivity contribution in [2.24, 2.45) is 0 Å². The molecule has 3 aromatic rings. The Labute approximate surface area is 207 Å². The van der Waals surface area contributed by atoms with Gasteiger partial charge < -0.3 is 19.8 Å². The molecule has 0 spiro atoms. The monoisotopic (exact) mass is 515 g/mol. The van der Waals surface area contributed by atoms with E-state index in [4.69, 9.17) is 9.47 Å². The quantitative estimate of drug-likeness (QED) is 0.378. The SMILES string of the molecule is CC(C)(C)c1ccc(S(=O)(=O)c2cnc(SCC(=O)Nc3ccc4c(c3)OCCO4)[nH]c2=O)cc1. The molecule has 0 aliphatic carbocycles. The number of aromatic amines is 1. The second-order valence-corrected chi connectivity index (χ2v) is 11.7. The maximum atomic E-state index is 12.9. The molecular formula is C24H25N3O6S2. The van der Waals surface area contributed by atoms with Crippen molar-refractivity contribution >= 4 is 33.2 Å². The number of H-pyrrole nitrogens is 1. The fourth-order valence-corrected chi connectivity index (χ4v) is 5.21. The number of aromatic nitrogens is 2. The molecule has 184 valence electrons. The summed E-state index contributed by atoms with van der Waals surface area (Å²) in [7, 11) is -4.05. The average Bonchev–Trinajstić information content (AvgIpc) is 2.82. The highest BCUT2D eigenvalue weighted by Crippen LogP contribution is 2.32. The lowest BCUT2D eigenvalue weighted by Gasteiger charge is -2.19. The van der Waals surface area contributed by atoms with E-state index >= 15 is 0 Å². The molecular weight excluding hydrogens is 490 g/mol. The van der Waals surface area contributed by atoms with Gasteiger partial charge in [0.25, 0.3) is 5.56 Å². The minimum absolute atomic E-state index is 0.0111. The van der Waals surface area contributed by atoms with E-state index in [1.54, 1.807) is 30.3 Å². The highest BCUT2D eigenvalue weighted by atomic mass is 32.2. The maximum Gasteiger partial charge on any atom is 0.270 e. The summed E-state index contributed by atoms with van der Waals surface area (Å²) in [6, 6.07) is 11.5.